The Kier molecular flexibility index (Phi) is 4.92. The molecule has 14 heavy (non-hydrogen) atoms. The van der Waals surface area contributed by atoms with Gasteiger partial charge in [-0.3, -0.25) is 0 Å². The summed E-state index contributed by atoms with van der Waals surface area (Å²) in [6.45, 7) is 4.37. The van der Waals surface area contributed by atoms with Crippen molar-refractivity contribution in [2.24, 2.45) is 0 Å². The SMILES string of the molecule is CC(C)Sc1ccc(SCC#N)cc1. The Morgan fingerprint density at radius 1 is 1.21 bits per heavy atom. The van der Waals surface area contributed by atoms with Crippen LogP contribution in [0.2, 0.25) is 0 Å². The van der Waals surface area contributed by atoms with Crippen LogP contribution in [0.25, 0.3) is 0 Å². The molecule has 1 nitrogen and oxygen atoms in total. The largest absolute Gasteiger partial charge is 0.197 e. The van der Waals surface area contributed by atoms with Gasteiger partial charge in [-0.25, -0.2) is 0 Å². The molecule has 0 aliphatic rings. The van der Waals surface area contributed by atoms with Crippen molar-refractivity contribution >= 4 is 23.5 Å². The summed E-state index contributed by atoms with van der Waals surface area (Å²) < 4.78 is 0. The van der Waals surface area contributed by atoms with E-state index in [1.165, 1.54) is 9.79 Å². The number of thioether (sulfide) groups is 2. The van der Waals surface area contributed by atoms with E-state index < -0.39 is 0 Å². The summed E-state index contributed by atoms with van der Waals surface area (Å²) in [6, 6.07) is 10.5. The van der Waals surface area contributed by atoms with Gasteiger partial charge in [-0.1, -0.05) is 13.8 Å². The maximum absolute atomic E-state index is 8.43. The highest BCUT2D eigenvalue weighted by Crippen LogP contribution is 2.25. The molecular weight excluding hydrogens is 210 g/mol. The van der Waals surface area contributed by atoms with Crippen molar-refractivity contribution in [1.82, 2.24) is 0 Å². The standard InChI is InChI=1S/C11H13NS2/c1-9(2)14-11-5-3-10(4-6-11)13-8-7-12/h3-6,9H,8H2,1-2H3. The molecule has 74 valence electrons. The highest BCUT2D eigenvalue weighted by atomic mass is 32.2. The maximum Gasteiger partial charge on any atom is 0.0855 e. The second-order valence-electron chi connectivity index (χ2n) is 3.08. The summed E-state index contributed by atoms with van der Waals surface area (Å²) in [5.74, 6) is 0.524. The number of benzene rings is 1. The van der Waals surface area contributed by atoms with Crippen LogP contribution in [-0.4, -0.2) is 11.0 Å². The zero-order valence-electron chi connectivity index (χ0n) is 8.36. The first-order valence-corrected chi connectivity index (χ1v) is 6.35. The molecule has 0 fully saturated rings. The minimum atomic E-state index is 0.524. The van der Waals surface area contributed by atoms with E-state index in [0.717, 1.165) is 0 Å². The average Bonchev–Trinajstić information content (AvgIpc) is 2.16. The lowest BCUT2D eigenvalue weighted by Crippen LogP contribution is -1.85. The molecule has 1 aromatic carbocycles. The average molecular weight is 223 g/mol. The van der Waals surface area contributed by atoms with E-state index >= 15 is 0 Å². The number of hydrogen-bond acceptors (Lipinski definition) is 3. The molecule has 0 aliphatic carbocycles. The monoisotopic (exact) mass is 223 g/mol. The summed E-state index contributed by atoms with van der Waals surface area (Å²) in [5, 5.41) is 9.04. The molecule has 0 spiro atoms. The van der Waals surface area contributed by atoms with E-state index in [1.807, 2.05) is 11.8 Å². The number of rotatable bonds is 4. The van der Waals surface area contributed by atoms with Gasteiger partial charge < -0.3 is 0 Å². The molecule has 0 radical (unpaired) electrons. The van der Waals surface area contributed by atoms with Gasteiger partial charge in [-0.05, 0) is 24.3 Å². The lowest BCUT2D eigenvalue weighted by atomic mass is 10.4. The van der Waals surface area contributed by atoms with Gasteiger partial charge in [0, 0.05) is 15.0 Å². The van der Waals surface area contributed by atoms with E-state index in [2.05, 4.69) is 44.2 Å². The van der Waals surface area contributed by atoms with Crippen molar-refractivity contribution in [1.29, 1.82) is 5.26 Å². The molecule has 0 bridgehead atoms. The summed E-state index contributed by atoms with van der Waals surface area (Å²) in [5.41, 5.74) is 0. The molecule has 0 aromatic heterocycles. The maximum atomic E-state index is 8.43. The van der Waals surface area contributed by atoms with Crippen molar-refractivity contribution < 1.29 is 0 Å². The summed E-state index contributed by atoms with van der Waals surface area (Å²) >= 11 is 3.43. The Balaban J connectivity index is 2.56. The topological polar surface area (TPSA) is 23.8 Å². The molecule has 0 saturated carbocycles. The van der Waals surface area contributed by atoms with E-state index in [9.17, 15) is 0 Å². The van der Waals surface area contributed by atoms with Gasteiger partial charge in [0.1, 0.15) is 0 Å². The first-order chi connectivity index (χ1) is 6.72. The predicted octanol–water partition coefficient (Wildman–Crippen LogP) is 3.80. The number of hydrogen-bond donors (Lipinski definition) is 0. The first kappa shape index (κ1) is 11.5. The normalized spacial score (nSPS) is 10.1. The van der Waals surface area contributed by atoms with Crippen LogP contribution in [0.4, 0.5) is 0 Å². The molecule has 1 aromatic rings. The van der Waals surface area contributed by atoms with Crippen LogP contribution in [0.1, 0.15) is 13.8 Å². The van der Waals surface area contributed by atoms with Crippen molar-refractivity contribution in [3.63, 3.8) is 0 Å². The fourth-order valence-corrected chi connectivity index (χ4v) is 2.40. The third-order valence-electron chi connectivity index (χ3n) is 1.50. The fraction of sp³-hybridized carbons (Fsp3) is 0.364. The van der Waals surface area contributed by atoms with Crippen LogP contribution in [0.15, 0.2) is 34.1 Å². The van der Waals surface area contributed by atoms with Crippen LogP contribution in [0.5, 0.6) is 0 Å². The van der Waals surface area contributed by atoms with Gasteiger partial charge in [0.25, 0.3) is 0 Å². The van der Waals surface area contributed by atoms with Crippen LogP contribution < -0.4 is 0 Å². The molecule has 1 rings (SSSR count). The van der Waals surface area contributed by atoms with Gasteiger partial charge in [0.15, 0.2) is 0 Å². The van der Waals surface area contributed by atoms with E-state index in [0.29, 0.717) is 11.0 Å². The highest BCUT2D eigenvalue weighted by molar-refractivity contribution is 8.00. The van der Waals surface area contributed by atoms with Crippen molar-refractivity contribution in [3.8, 4) is 6.07 Å². The Hall–Kier alpha value is -0.590. The molecule has 3 heteroatoms. The predicted molar refractivity (Wildman–Crippen MR) is 63.8 cm³/mol. The molecule has 0 atom stereocenters. The van der Waals surface area contributed by atoms with Crippen LogP contribution in [0.3, 0.4) is 0 Å². The van der Waals surface area contributed by atoms with E-state index in [4.69, 9.17) is 5.26 Å². The van der Waals surface area contributed by atoms with Gasteiger partial charge >= 0.3 is 0 Å². The first-order valence-electron chi connectivity index (χ1n) is 4.49. The lowest BCUT2D eigenvalue weighted by molar-refractivity contribution is 1.11. The van der Waals surface area contributed by atoms with Gasteiger partial charge in [0.05, 0.1) is 11.8 Å². The molecule has 0 aliphatic heterocycles. The summed E-state index contributed by atoms with van der Waals surface area (Å²) in [4.78, 5) is 2.46. The van der Waals surface area contributed by atoms with Crippen molar-refractivity contribution in [2.45, 2.75) is 28.9 Å². The molecule has 0 N–H and O–H groups in total. The van der Waals surface area contributed by atoms with Crippen molar-refractivity contribution in [3.05, 3.63) is 24.3 Å². The molecule has 0 amide bonds. The van der Waals surface area contributed by atoms with Crippen LogP contribution in [-0.2, 0) is 0 Å². The van der Waals surface area contributed by atoms with Gasteiger partial charge in [-0.2, -0.15) is 5.26 Å². The zero-order chi connectivity index (χ0) is 10.4. The fourth-order valence-electron chi connectivity index (χ4n) is 1.00. The minimum Gasteiger partial charge on any atom is -0.197 e. The Morgan fingerprint density at radius 3 is 2.29 bits per heavy atom. The molecule has 0 saturated heterocycles. The quantitative estimate of drug-likeness (QED) is 0.725. The third kappa shape index (κ3) is 4.08. The Morgan fingerprint density at radius 2 is 1.79 bits per heavy atom. The molecular formula is C11H13NS2. The van der Waals surface area contributed by atoms with Gasteiger partial charge in [0.2, 0.25) is 0 Å². The molecule has 0 unspecified atom stereocenters. The molecule has 0 heterocycles. The number of nitriles is 1. The van der Waals surface area contributed by atoms with Crippen LogP contribution >= 0.6 is 23.5 Å². The lowest BCUT2D eigenvalue weighted by Gasteiger charge is -2.04. The zero-order valence-corrected chi connectivity index (χ0v) is 9.99. The highest BCUT2D eigenvalue weighted by Gasteiger charge is 1.98. The Bertz CT molecular complexity index is 311. The summed E-state index contributed by atoms with van der Waals surface area (Å²) in [6.07, 6.45) is 0. The second-order valence-corrected chi connectivity index (χ2v) is 5.78. The number of nitrogens with zero attached hydrogens (tertiary/aromatic N) is 1. The van der Waals surface area contributed by atoms with Crippen molar-refractivity contribution in [2.75, 3.05) is 5.75 Å². The Labute approximate surface area is 93.9 Å². The minimum absolute atomic E-state index is 0.524. The van der Waals surface area contributed by atoms with Gasteiger partial charge in [-0.15, -0.1) is 23.5 Å². The second kappa shape index (κ2) is 6.00. The van der Waals surface area contributed by atoms with Crippen LogP contribution in [0, 0.1) is 11.3 Å². The third-order valence-corrected chi connectivity index (χ3v) is 3.39. The van der Waals surface area contributed by atoms with E-state index in [1.54, 1.807) is 11.8 Å². The smallest absolute Gasteiger partial charge is 0.0855 e. The summed E-state index contributed by atoms with van der Waals surface area (Å²) in [7, 11) is 0. The van der Waals surface area contributed by atoms with E-state index in [-0.39, 0.29) is 0 Å².